The minimum Gasteiger partial charge on any atom is -0.355 e. The van der Waals surface area contributed by atoms with Crippen molar-refractivity contribution in [3.05, 3.63) is 39.6 Å². The van der Waals surface area contributed by atoms with Crippen LogP contribution in [0.4, 0.5) is 18.9 Å². The van der Waals surface area contributed by atoms with Crippen molar-refractivity contribution in [2.75, 3.05) is 11.9 Å². The van der Waals surface area contributed by atoms with Crippen molar-refractivity contribution in [1.82, 2.24) is 14.7 Å². The molecule has 0 aromatic carbocycles. The number of alkyl halides is 2. The van der Waals surface area contributed by atoms with E-state index in [0.717, 1.165) is 11.1 Å². The molecule has 0 radical (unpaired) electrons. The van der Waals surface area contributed by atoms with Gasteiger partial charge in [-0.05, 0) is 28.9 Å². The highest BCUT2D eigenvalue weighted by Gasteiger charge is 2.55. The van der Waals surface area contributed by atoms with Crippen LogP contribution in [0.1, 0.15) is 30.3 Å². The summed E-state index contributed by atoms with van der Waals surface area (Å²) in [6.07, 6.45) is 0.959. The van der Waals surface area contributed by atoms with Gasteiger partial charge in [0.05, 0.1) is 10.7 Å². The lowest BCUT2D eigenvalue weighted by atomic mass is 9.76. The Labute approximate surface area is 177 Å². The number of aromatic nitrogens is 2. The molecule has 1 aliphatic rings. The standard InChI is InChI=1S/C16H15BrClF3N4O3S/c1-15(6-16(20,21)7-15)24-29(27,28)9-5-23-12(10(9)18)14(26)25(2)8-3-4-22-13(17)11(8)19/h3-5,23-24H,6-7H2,1-2H3. The normalized spacial score (nSPS) is 17.6. The molecule has 1 aliphatic carbocycles. The molecule has 1 saturated carbocycles. The molecule has 158 valence electrons. The highest BCUT2D eigenvalue weighted by atomic mass is 79.9. The van der Waals surface area contributed by atoms with E-state index in [1.54, 1.807) is 0 Å². The quantitative estimate of drug-likeness (QED) is 0.594. The highest BCUT2D eigenvalue weighted by Crippen LogP contribution is 2.46. The first kappa shape index (κ1) is 22.1. The van der Waals surface area contributed by atoms with Crippen LogP contribution >= 0.6 is 27.5 Å². The van der Waals surface area contributed by atoms with Crippen LogP contribution in [0.5, 0.6) is 0 Å². The summed E-state index contributed by atoms with van der Waals surface area (Å²) < 4.78 is 67.8. The van der Waals surface area contributed by atoms with Crippen LogP contribution in [0.3, 0.4) is 0 Å². The number of anilines is 1. The number of hydrogen-bond donors (Lipinski definition) is 2. The number of rotatable bonds is 5. The monoisotopic (exact) mass is 514 g/mol. The van der Waals surface area contributed by atoms with E-state index in [1.165, 1.54) is 26.2 Å². The lowest BCUT2D eigenvalue weighted by Crippen LogP contribution is -2.60. The Hall–Kier alpha value is -1.63. The predicted molar refractivity (Wildman–Crippen MR) is 103 cm³/mol. The second-order valence-corrected chi connectivity index (χ2v) is 9.80. The minimum atomic E-state index is -4.29. The third-order valence-corrected chi connectivity index (χ3v) is 7.18. The summed E-state index contributed by atoms with van der Waals surface area (Å²) in [6.45, 7) is 1.35. The number of nitrogens with zero attached hydrogens (tertiary/aromatic N) is 2. The SMILES string of the molecule is CN(C(=O)c1[nH]cc(S(=O)(=O)NC2(C)CC(F)(F)C2)c1Cl)c1ccnc(Br)c1F. The van der Waals surface area contributed by atoms with E-state index in [9.17, 15) is 26.4 Å². The van der Waals surface area contributed by atoms with Crippen LogP contribution in [0.25, 0.3) is 0 Å². The first-order valence-corrected chi connectivity index (χ1v) is 10.8. The number of hydrogen-bond acceptors (Lipinski definition) is 4. The number of halogens is 5. The first-order valence-electron chi connectivity index (χ1n) is 8.13. The third-order valence-electron chi connectivity index (χ3n) is 4.46. The first-order chi connectivity index (χ1) is 13.3. The number of nitrogens with one attached hydrogen (secondary N) is 2. The Bertz CT molecular complexity index is 1090. The van der Waals surface area contributed by atoms with Crippen LogP contribution in [-0.4, -0.2) is 42.8 Å². The van der Waals surface area contributed by atoms with Crippen molar-refractivity contribution in [2.24, 2.45) is 0 Å². The molecule has 0 unspecified atom stereocenters. The average molecular weight is 516 g/mol. The molecule has 0 saturated heterocycles. The number of carbonyl (C=O) groups is 1. The number of pyridine rings is 1. The molecular formula is C16H15BrClF3N4O3S. The molecule has 7 nitrogen and oxygen atoms in total. The highest BCUT2D eigenvalue weighted by molar-refractivity contribution is 9.10. The molecule has 13 heteroatoms. The van der Waals surface area contributed by atoms with Gasteiger partial charge in [0.2, 0.25) is 10.0 Å². The van der Waals surface area contributed by atoms with Gasteiger partial charge in [0.25, 0.3) is 11.8 Å². The Morgan fingerprint density at radius 2 is 2.03 bits per heavy atom. The molecule has 1 amide bonds. The lowest BCUT2D eigenvalue weighted by molar-refractivity contribution is -0.121. The summed E-state index contributed by atoms with van der Waals surface area (Å²) in [4.78, 5) is 19.3. The van der Waals surface area contributed by atoms with Gasteiger partial charge in [-0.15, -0.1) is 0 Å². The molecule has 2 N–H and O–H groups in total. The van der Waals surface area contributed by atoms with Crippen molar-refractivity contribution < 1.29 is 26.4 Å². The van der Waals surface area contributed by atoms with Gasteiger partial charge in [0.1, 0.15) is 15.2 Å². The van der Waals surface area contributed by atoms with E-state index in [0.29, 0.717) is 0 Å². The van der Waals surface area contributed by atoms with Gasteiger partial charge in [-0.3, -0.25) is 4.79 Å². The summed E-state index contributed by atoms with van der Waals surface area (Å²) in [6, 6.07) is 1.26. The maximum atomic E-state index is 14.2. The van der Waals surface area contributed by atoms with Crippen LogP contribution in [-0.2, 0) is 10.0 Å². The van der Waals surface area contributed by atoms with Gasteiger partial charge >= 0.3 is 0 Å². The maximum absolute atomic E-state index is 14.2. The molecule has 3 rings (SSSR count). The summed E-state index contributed by atoms with van der Waals surface area (Å²) in [5, 5.41) is -0.433. The lowest BCUT2D eigenvalue weighted by Gasteiger charge is -2.44. The summed E-state index contributed by atoms with van der Waals surface area (Å²) in [5.41, 5.74) is -1.74. The number of H-pyrrole nitrogens is 1. The Kier molecular flexibility index (Phi) is 5.52. The van der Waals surface area contributed by atoms with E-state index in [-0.39, 0.29) is 16.0 Å². The van der Waals surface area contributed by atoms with E-state index in [4.69, 9.17) is 11.6 Å². The van der Waals surface area contributed by atoms with Crippen molar-refractivity contribution in [3.8, 4) is 0 Å². The molecule has 0 aliphatic heterocycles. The number of carbonyl (C=O) groups excluding carboxylic acids is 1. The fourth-order valence-electron chi connectivity index (χ4n) is 3.23. The number of amides is 1. The molecule has 0 bridgehead atoms. The maximum Gasteiger partial charge on any atom is 0.276 e. The summed E-state index contributed by atoms with van der Waals surface area (Å²) in [5.74, 6) is -4.54. The van der Waals surface area contributed by atoms with Gasteiger partial charge in [0.15, 0.2) is 5.82 Å². The summed E-state index contributed by atoms with van der Waals surface area (Å²) in [7, 11) is -3.01. The van der Waals surface area contributed by atoms with Gasteiger partial charge in [0, 0.05) is 37.8 Å². The summed E-state index contributed by atoms with van der Waals surface area (Å²) >= 11 is 9.00. The minimum absolute atomic E-state index is 0.106. The van der Waals surface area contributed by atoms with E-state index < -0.39 is 56.0 Å². The van der Waals surface area contributed by atoms with Crippen molar-refractivity contribution >= 4 is 49.1 Å². The molecule has 29 heavy (non-hydrogen) atoms. The number of sulfonamides is 1. The molecular weight excluding hydrogens is 501 g/mol. The molecule has 2 heterocycles. The van der Waals surface area contributed by atoms with Gasteiger partial charge in [-0.2, -0.15) is 0 Å². The van der Waals surface area contributed by atoms with Gasteiger partial charge in [-0.1, -0.05) is 11.6 Å². The smallest absolute Gasteiger partial charge is 0.276 e. The Morgan fingerprint density at radius 1 is 1.41 bits per heavy atom. The third kappa shape index (κ3) is 4.16. The zero-order valence-electron chi connectivity index (χ0n) is 15.1. The van der Waals surface area contributed by atoms with Crippen LogP contribution < -0.4 is 9.62 Å². The van der Waals surface area contributed by atoms with Crippen molar-refractivity contribution in [2.45, 2.75) is 36.1 Å². The van der Waals surface area contributed by atoms with E-state index >= 15 is 0 Å². The molecule has 0 atom stereocenters. The van der Waals surface area contributed by atoms with Crippen molar-refractivity contribution in [3.63, 3.8) is 0 Å². The second-order valence-electron chi connectivity index (χ2n) is 7.02. The molecule has 1 fully saturated rings. The molecule has 2 aromatic rings. The zero-order chi connectivity index (χ0) is 21.8. The zero-order valence-corrected chi connectivity index (χ0v) is 18.2. The average Bonchev–Trinajstić information content (AvgIpc) is 2.95. The van der Waals surface area contributed by atoms with Crippen LogP contribution in [0.2, 0.25) is 5.02 Å². The second kappa shape index (κ2) is 7.25. The van der Waals surface area contributed by atoms with Crippen LogP contribution in [0, 0.1) is 5.82 Å². The fraction of sp³-hybridized carbons (Fsp3) is 0.375. The van der Waals surface area contributed by atoms with E-state index in [2.05, 4.69) is 30.6 Å². The predicted octanol–water partition coefficient (Wildman–Crippen LogP) is 3.71. The Morgan fingerprint density at radius 3 is 2.62 bits per heavy atom. The molecule has 2 aromatic heterocycles. The largest absolute Gasteiger partial charge is 0.355 e. The van der Waals surface area contributed by atoms with Gasteiger partial charge < -0.3 is 9.88 Å². The van der Waals surface area contributed by atoms with Gasteiger partial charge in [-0.25, -0.2) is 31.3 Å². The fourth-order valence-corrected chi connectivity index (χ4v) is 5.50. The topological polar surface area (TPSA) is 95.2 Å². The number of aromatic amines is 1. The molecule has 0 spiro atoms. The Balaban J connectivity index is 1.87. The van der Waals surface area contributed by atoms with Crippen molar-refractivity contribution in [1.29, 1.82) is 0 Å². The van der Waals surface area contributed by atoms with E-state index in [1.807, 2.05) is 0 Å². The van der Waals surface area contributed by atoms with Crippen LogP contribution in [0.15, 0.2) is 28.0 Å².